The first-order valence-electron chi connectivity index (χ1n) is 40.4. The van der Waals surface area contributed by atoms with Gasteiger partial charge in [-0.25, -0.2) is 0 Å². The standard InChI is InChI=1S/C81H159NO5/c1-3-5-7-9-11-13-15-17-19-46-49-53-57-61-65-69-73-79(84)78(77-83)82-80(85)74-70-66-62-58-54-50-47-43-41-39-37-35-33-31-29-27-25-23-21-20-22-24-26-28-30-32-34-36-38-40-42-44-48-52-56-60-64-68-72-76-87-81(86)75-71-67-63-59-55-51-45-18-16-14-12-10-8-6-4-2/h20-21,78-79,83-84H,3-19,22-77H2,1-2H3,(H,82,85)/b21-20-. The summed E-state index contributed by atoms with van der Waals surface area (Å²) in [6.45, 7) is 5.01. The van der Waals surface area contributed by atoms with Crippen molar-refractivity contribution in [2.24, 2.45) is 0 Å². The van der Waals surface area contributed by atoms with Gasteiger partial charge in [0.05, 0.1) is 25.4 Å². The number of allylic oxidation sites excluding steroid dienone is 2. The topological polar surface area (TPSA) is 95.9 Å². The van der Waals surface area contributed by atoms with Gasteiger partial charge in [0.15, 0.2) is 0 Å². The second-order valence-electron chi connectivity index (χ2n) is 28.1. The lowest BCUT2D eigenvalue weighted by Gasteiger charge is -2.22. The summed E-state index contributed by atoms with van der Waals surface area (Å²) in [5.41, 5.74) is 0. The van der Waals surface area contributed by atoms with E-state index in [4.69, 9.17) is 4.74 Å². The zero-order valence-electron chi connectivity index (χ0n) is 59.5. The largest absolute Gasteiger partial charge is 0.466 e. The number of carbonyl (C=O) groups is 2. The molecular formula is C81H159NO5. The third kappa shape index (κ3) is 73.5. The average Bonchev–Trinajstić information content (AvgIpc) is 3.58. The molecule has 1 amide bonds. The summed E-state index contributed by atoms with van der Waals surface area (Å²) < 4.78 is 5.51. The Bertz CT molecular complexity index is 1320. The number of aliphatic hydroxyl groups excluding tert-OH is 2. The number of carbonyl (C=O) groups excluding carboxylic acids is 2. The molecule has 0 aromatic rings. The van der Waals surface area contributed by atoms with Crippen LogP contribution in [-0.2, 0) is 14.3 Å². The van der Waals surface area contributed by atoms with Crippen molar-refractivity contribution in [2.75, 3.05) is 13.2 Å². The summed E-state index contributed by atoms with van der Waals surface area (Å²) >= 11 is 0. The number of rotatable bonds is 77. The van der Waals surface area contributed by atoms with Crippen LogP contribution in [0.25, 0.3) is 0 Å². The van der Waals surface area contributed by atoms with Gasteiger partial charge in [0, 0.05) is 12.8 Å². The molecule has 0 aliphatic rings. The number of amides is 1. The van der Waals surface area contributed by atoms with Crippen molar-refractivity contribution in [1.29, 1.82) is 0 Å². The summed E-state index contributed by atoms with van der Waals surface area (Å²) in [5, 5.41) is 23.4. The van der Waals surface area contributed by atoms with Crippen LogP contribution in [0.4, 0.5) is 0 Å². The molecule has 0 radical (unpaired) electrons. The van der Waals surface area contributed by atoms with Crippen molar-refractivity contribution in [3.8, 4) is 0 Å². The molecule has 0 aliphatic heterocycles. The van der Waals surface area contributed by atoms with Crippen molar-refractivity contribution in [3.63, 3.8) is 0 Å². The van der Waals surface area contributed by atoms with E-state index in [-0.39, 0.29) is 18.5 Å². The molecular weight excluding hydrogens is 1070 g/mol. The summed E-state index contributed by atoms with van der Waals surface area (Å²) in [4.78, 5) is 24.6. The Labute approximate surface area is 546 Å². The zero-order valence-corrected chi connectivity index (χ0v) is 59.5. The number of hydrogen-bond acceptors (Lipinski definition) is 5. The first-order chi connectivity index (χ1) is 43.0. The number of aliphatic hydroxyl groups is 2. The summed E-state index contributed by atoms with van der Waals surface area (Å²) in [6.07, 6.45) is 97.5. The number of nitrogens with one attached hydrogen (secondary N) is 1. The van der Waals surface area contributed by atoms with Crippen molar-refractivity contribution >= 4 is 11.9 Å². The summed E-state index contributed by atoms with van der Waals surface area (Å²) in [6, 6.07) is -0.537. The van der Waals surface area contributed by atoms with Gasteiger partial charge in [0.1, 0.15) is 0 Å². The van der Waals surface area contributed by atoms with Crippen LogP contribution in [0.15, 0.2) is 12.2 Å². The van der Waals surface area contributed by atoms with Crippen LogP contribution >= 0.6 is 0 Å². The van der Waals surface area contributed by atoms with Crippen LogP contribution in [0.2, 0.25) is 0 Å². The van der Waals surface area contributed by atoms with Gasteiger partial charge < -0.3 is 20.3 Å². The predicted octanol–water partition coefficient (Wildman–Crippen LogP) is 26.7. The Morgan fingerprint density at radius 3 is 0.816 bits per heavy atom. The van der Waals surface area contributed by atoms with Crippen LogP contribution in [-0.4, -0.2) is 47.4 Å². The molecule has 0 aliphatic carbocycles. The number of ether oxygens (including phenoxy) is 1. The minimum absolute atomic E-state index is 0.0263. The van der Waals surface area contributed by atoms with Crippen molar-refractivity contribution in [1.82, 2.24) is 5.32 Å². The van der Waals surface area contributed by atoms with Crippen LogP contribution in [0.3, 0.4) is 0 Å². The van der Waals surface area contributed by atoms with Crippen molar-refractivity contribution in [3.05, 3.63) is 12.2 Å². The van der Waals surface area contributed by atoms with E-state index in [1.807, 2.05) is 0 Å². The quantitative estimate of drug-likeness (QED) is 0.0320. The van der Waals surface area contributed by atoms with E-state index in [1.165, 1.54) is 398 Å². The molecule has 6 heteroatoms. The van der Waals surface area contributed by atoms with Gasteiger partial charge in [-0.15, -0.1) is 0 Å². The third-order valence-corrected chi connectivity index (χ3v) is 19.3. The number of hydrogen-bond donors (Lipinski definition) is 3. The maximum atomic E-state index is 12.5. The highest BCUT2D eigenvalue weighted by molar-refractivity contribution is 5.76. The first kappa shape index (κ1) is 85.6. The lowest BCUT2D eigenvalue weighted by molar-refractivity contribution is -0.143. The lowest BCUT2D eigenvalue weighted by Crippen LogP contribution is -2.45. The normalized spacial score (nSPS) is 12.5. The Morgan fingerprint density at radius 2 is 0.540 bits per heavy atom. The number of esters is 1. The number of unbranched alkanes of at least 4 members (excludes halogenated alkanes) is 64. The molecule has 0 rings (SSSR count). The SMILES string of the molecule is CCCCCCCCCCCCCCCCCCC(O)C(CO)NC(=O)CCCCCCCCCCCCCCCCCCC/C=C\CCCCCCCCCCCCCCCCCCCCOC(=O)CCCCCCCCCCCCCCCCC. The highest BCUT2D eigenvalue weighted by Gasteiger charge is 2.20. The maximum Gasteiger partial charge on any atom is 0.305 e. The predicted molar refractivity (Wildman–Crippen MR) is 384 cm³/mol. The van der Waals surface area contributed by atoms with Gasteiger partial charge in [0.2, 0.25) is 5.91 Å². The van der Waals surface area contributed by atoms with Crippen LogP contribution in [0.5, 0.6) is 0 Å². The Balaban J connectivity index is 3.30. The lowest BCUT2D eigenvalue weighted by atomic mass is 10.0. The Kier molecular flexibility index (Phi) is 75.8. The van der Waals surface area contributed by atoms with E-state index in [9.17, 15) is 19.8 Å². The van der Waals surface area contributed by atoms with Gasteiger partial charge in [-0.1, -0.05) is 418 Å². The Hall–Kier alpha value is -1.40. The van der Waals surface area contributed by atoms with Crippen LogP contribution in [0.1, 0.15) is 470 Å². The fourth-order valence-corrected chi connectivity index (χ4v) is 13.2. The fourth-order valence-electron chi connectivity index (χ4n) is 13.2. The monoisotopic (exact) mass is 1230 g/mol. The Morgan fingerprint density at radius 1 is 0.310 bits per heavy atom. The minimum Gasteiger partial charge on any atom is -0.466 e. The molecule has 6 nitrogen and oxygen atoms in total. The molecule has 0 aromatic carbocycles. The highest BCUT2D eigenvalue weighted by atomic mass is 16.5. The molecule has 0 saturated heterocycles. The molecule has 3 N–H and O–H groups in total. The maximum absolute atomic E-state index is 12.5. The molecule has 0 saturated carbocycles. The molecule has 518 valence electrons. The first-order valence-corrected chi connectivity index (χ1v) is 40.4. The molecule has 0 bridgehead atoms. The molecule has 2 unspecified atom stereocenters. The minimum atomic E-state index is -0.661. The zero-order chi connectivity index (χ0) is 62.8. The highest BCUT2D eigenvalue weighted by Crippen LogP contribution is 2.20. The van der Waals surface area contributed by atoms with Gasteiger partial charge in [0.25, 0.3) is 0 Å². The van der Waals surface area contributed by atoms with Gasteiger partial charge in [-0.2, -0.15) is 0 Å². The molecule has 87 heavy (non-hydrogen) atoms. The fraction of sp³-hybridized carbons (Fsp3) is 0.951. The van der Waals surface area contributed by atoms with E-state index in [1.54, 1.807) is 0 Å². The van der Waals surface area contributed by atoms with Gasteiger partial charge >= 0.3 is 5.97 Å². The van der Waals surface area contributed by atoms with E-state index in [2.05, 4.69) is 31.3 Å². The van der Waals surface area contributed by atoms with Crippen LogP contribution < -0.4 is 5.32 Å². The summed E-state index contributed by atoms with van der Waals surface area (Å²) in [7, 11) is 0. The van der Waals surface area contributed by atoms with E-state index in [0.717, 1.165) is 38.5 Å². The van der Waals surface area contributed by atoms with E-state index >= 15 is 0 Å². The second kappa shape index (κ2) is 77.1. The van der Waals surface area contributed by atoms with Crippen molar-refractivity contribution < 1.29 is 24.5 Å². The third-order valence-electron chi connectivity index (χ3n) is 19.3. The van der Waals surface area contributed by atoms with Gasteiger partial charge in [-0.3, -0.25) is 9.59 Å². The molecule has 2 atom stereocenters. The van der Waals surface area contributed by atoms with E-state index < -0.39 is 12.1 Å². The van der Waals surface area contributed by atoms with E-state index in [0.29, 0.717) is 25.9 Å². The molecule has 0 spiro atoms. The smallest absolute Gasteiger partial charge is 0.305 e. The van der Waals surface area contributed by atoms with Gasteiger partial charge in [-0.05, 0) is 51.4 Å². The van der Waals surface area contributed by atoms with Crippen LogP contribution in [0, 0.1) is 0 Å². The molecule has 0 aromatic heterocycles. The summed E-state index contributed by atoms with van der Waals surface area (Å²) in [5.74, 6) is 0.000284. The second-order valence-corrected chi connectivity index (χ2v) is 28.1. The molecule has 0 fully saturated rings. The van der Waals surface area contributed by atoms with Crippen molar-refractivity contribution in [2.45, 2.75) is 482 Å². The average molecular weight is 1230 g/mol. The molecule has 0 heterocycles.